The molecule has 0 aliphatic rings. The topological polar surface area (TPSA) is 64.9 Å². The maximum Gasteiger partial charge on any atom is 0.226 e. The van der Waals surface area contributed by atoms with Gasteiger partial charge >= 0.3 is 0 Å². The predicted octanol–water partition coefficient (Wildman–Crippen LogP) is 3.43. The number of nitrogens with two attached hydrogens (primary N) is 1. The van der Waals surface area contributed by atoms with Gasteiger partial charge in [-0.25, -0.2) is 4.39 Å². The summed E-state index contributed by atoms with van der Waals surface area (Å²) < 4.78 is 18.4. The number of benzene rings is 1. The summed E-state index contributed by atoms with van der Waals surface area (Å²) in [6.07, 6.45) is 2.70. The molecule has 1 aromatic heterocycles. The lowest BCUT2D eigenvalue weighted by Crippen LogP contribution is -2.15. The minimum atomic E-state index is -0.304. The van der Waals surface area contributed by atoms with Crippen LogP contribution in [0, 0.1) is 17.7 Å². The molecule has 2 N–H and O–H groups in total. The van der Waals surface area contributed by atoms with E-state index in [2.05, 4.69) is 24.0 Å². The van der Waals surface area contributed by atoms with Crippen molar-refractivity contribution in [1.29, 1.82) is 0 Å². The molecule has 2 rings (SSSR count). The van der Waals surface area contributed by atoms with E-state index in [4.69, 9.17) is 10.3 Å². The summed E-state index contributed by atoms with van der Waals surface area (Å²) in [4.78, 5) is 4.34. The van der Waals surface area contributed by atoms with Crippen molar-refractivity contribution >= 4 is 0 Å². The van der Waals surface area contributed by atoms with E-state index in [1.165, 1.54) is 12.1 Å². The van der Waals surface area contributed by atoms with Gasteiger partial charge in [-0.2, -0.15) is 4.98 Å². The highest BCUT2D eigenvalue weighted by Crippen LogP contribution is 2.22. The molecule has 4 nitrogen and oxygen atoms in total. The lowest BCUT2D eigenvalue weighted by molar-refractivity contribution is 0.313. The van der Waals surface area contributed by atoms with Crippen molar-refractivity contribution in [3.8, 4) is 11.4 Å². The van der Waals surface area contributed by atoms with E-state index >= 15 is 0 Å². The second kappa shape index (κ2) is 7.31. The van der Waals surface area contributed by atoms with Crippen molar-refractivity contribution in [2.24, 2.45) is 17.6 Å². The number of aromatic nitrogens is 2. The Morgan fingerprint density at radius 1 is 1.29 bits per heavy atom. The van der Waals surface area contributed by atoms with Gasteiger partial charge in [0.05, 0.1) is 0 Å². The summed E-state index contributed by atoms with van der Waals surface area (Å²) in [6.45, 7) is 5.10. The fourth-order valence-electron chi connectivity index (χ4n) is 2.44. The zero-order chi connectivity index (χ0) is 15.2. The van der Waals surface area contributed by atoms with Crippen LogP contribution >= 0.6 is 0 Å². The Morgan fingerprint density at radius 3 is 2.76 bits per heavy atom. The molecule has 0 saturated carbocycles. The lowest BCUT2D eigenvalue weighted by atomic mass is 9.88. The number of halogens is 1. The highest BCUT2D eigenvalue weighted by atomic mass is 19.1. The first-order valence-electron chi connectivity index (χ1n) is 7.38. The fraction of sp³-hybridized carbons (Fsp3) is 0.500. The molecular formula is C16H22FN3O. The highest BCUT2D eigenvalue weighted by molar-refractivity contribution is 5.53. The van der Waals surface area contributed by atoms with Crippen molar-refractivity contribution in [2.75, 3.05) is 6.54 Å². The summed E-state index contributed by atoms with van der Waals surface area (Å²) in [6, 6.07) is 6.20. The number of rotatable bonds is 7. The van der Waals surface area contributed by atoms with Gasteiger partial charge in [-0.1, -0.05) is 31.1 Å². The molecule has 114 valence electrons. The van der Waals surface area contributed by atoms with Gasteiger partial charge in [0, 0.05) is 12.0 Å². The molecule has 5 heteroatoms. The maximum atomic E-state index is 13.2. The second-order valence-electron chi connectivity index (χ2n) is 5.64. The van der Waals surface area contributed by atoms with Gasteiger partial charge < -0.3 is 10.3 Å². The Labute approximate surface area is 124 Å². The molecule has 0 amide bonds. The standard InChI is InChI=1S/C16H22FN3O/c1-11(2)12(8-9-18)6-7-15-19-16(20-21-15)13-4-3-5-14(17)10-13/h3-5,10-12H,6-9,18H2,1-2H3. The first kappa shape index (κ1) is 15.6. The lowest BCUT2D eigenvalue weighted by Gasteiger charge is -2.18. The summed E-state index contributed by atoms with van der Waals surface area (Å²) in [5.41, 5.74) is 6.28. The van der Waals surface area contributed by atoms with Gasteiger partial charge in [-0.3, -0.25) is 0 Å². The SMILES string of the molecule is CC(C)C(CCN)CCc1nc(-c2cccc(F)c2)no1. The van der Waals surface area contributed by atoms with E-state index in [-0.39, 0.29) is 5.82 Å². The van der Waals surface area contributed by atoms with Crippen LogP contribution in [0.15, 0.2) is 28.8 Å². The summed E-state index contributed by atoms with van der Waals surface area (Å²) in [5.74, 6) is 1.86. The van der Waals surface area contributed by atoms with Gasteiger partial charge in [-0.15, -0.1) is 0 Å². The summed E-state index contributed by atoms with van der Waals surface area (Å²) in [7, 11) is 0. The van der Waals surface area contributed by atoms with Crippen LogP contribution in [0.3, 0.4) is 0 Å². The molecule has 1 heterocycles. The molecule has 0 radical (unpaired) electrons. The zero-order valence-corrected chi connectivity index (χ0v) is 12.6. The number of hydrogen-bond acceptors (Lipinski definition) is 4. The largest absolute Gasteiger partial charge is 0.339 e. The Balaban J connectivity index is 2.00. The second-order valence-corrected chi connectivity index (χ2v) is 5.64. The first-order chi connectivity index (χ1) is 10.1. The molecule has 0 fully saturated rings. The van der Waals surface area contributed by atoms with E-state index in [1.54, 1.807) is 12.1 Å². The Bertz CT molecular complexity index is 568. The third kappa shape index (κ3) is 4.36. The van der Waals surface area contributed by atoms with Gasteiger partial charge in [-0.05, 0) is 43.4 Å². The summed E-state index contributed by atoms with van der Waals surface area (Å²) >= 11 is 0. The first-order valence-corrected chi connectivity index (χ1v) is 7.38. The Morgan fingerprint density at radius 2 is 2.10 bits per heavy atom. The van der Waals surface area contributed by atoms with Crippen molar-refractivity contribution in [3.05, 3.63) is 36.0 Å². The normalized spacial score (nSPS) is 12.8. The van der Waals surface area contributed by atoms with Gasteiger partial charge in [0.15, 0.2) is 0 Å². The molecule has 21 heavy (non-hydrogen) atoms. The minimum absolute atomic E-state index is 0.304. The third-order valence-electron chi connectivity index (χ3n) is 3.76. The van der Waals surface area contributed by atoms with Crippen molar-refractivity contribution in [1.82, 2.24) is 10.1 Å². The van der Waals surface area contributed by atoms with Crippen LogP contribution in [0.1, 0.15) is 32.6 Å². The zero-order valence-electron chi connectivity index (χ0n) is 12.6. The highest BCUT2D eigenvalue weighted by Gasteiger charge is 2.15. The number of nitrogens with zero attached hydrogens (tertiary/aromatic N) is 2. The molecule has 0 saturated heterocycles. The van der Waals surface area contributed by atoms with Crippen molar-refractivity contribution < 1.29 is 8.91 Å². The molecule has 0 bridgehead atoms. The fourth-order valence-corrected chi connectivity index (χ4v) is 2.44. The Kier molecular flexibility index (Phi) is 5.44. The smallest absolute Gasteiger partial charge is 0.226 e. The molecule has 1 atom stereocenters. The van der Waals surface area contributed by atoms with Crippen LogP contribution in [0.5, 0.6) is 0 Å². The van der Waals surface area contributed by atoms with Crippen LogP contribution in [0.2, 0.25) is 0 Å². The van der Waals surface area contributed by atoms with Crippen LogP contribution in [0.4, 0.5) is 4.39 Å². The van der Waals surface area contributed by atoms with Crippen LogP contribution in [0.25, 0.3) is 11.4 Å². The van der Waals surface area contributed by atoms with Gasteiger partial charge in [0.25, 0.3) is 0 Å². The maximum absolute atomic E-state index is 13.2. The molecule has 0 spiro atoms. The number of aryl methyl sites for hydroxylation is 1. The van der Waals surface area contributed by atoms with E-state index in [1.807, 2.05) is 0 Å². The quantitative estimate of drug-likeness (QED) is 0.848. The minimum Gasteiger partial charge on any atom is -0.339 e. The van der Waals surface area contributed by atoms with Gasteiger partial charge in [0.1, 0.15) is 5.82 Å². The molecular weight excluding hydrogens is 269 g/mol. The molecule has 1 unspecified atom stereocenters. The van der Waals surface area contributed by atoms with Crippen molar-refractivity contribution in [3.63, 3.8) is 0 Å². The third-order valence-corrected chi connectivity index (χ3v) is 3.76. The van der Waals surface area contributed by atoms with Crippen molar-refractivity contribution in [2.45, 2.75) is 33.1 Å². The molecule has 2 aromatic rings. The van der Waals surface area contributed by atoms with E-state index in [0.717, 1.165) is 19.3 Å². The predicted molar refractivity (Wildman–Crippen MR) is 80.0 cm³/mol. The number of hydrogen-bond donors (Lipinski definition) is 1. The van der Waals surface area contributed by atoms with Crippen LogP contribution in [-0.2, 0) is 6.42 Å². The monoisotopic (exact) mass is 291 g/mol. The van der Waals surface area contributed by atoms with E-state index < -0.39 is 0 Å². The molecule has 0 aliphatic heterocycles. The van der Waals surface area contributed by atoms with E-state index in [0.29, 0.717) is 35.7 Å². The molecule has 0 aliphatic carbocycles. The van der Waals surface area contributed by atoms with Crippen LogP contribution < -0.4 is 5.73 Å². The average molecular weight is 291 g/mol. The molecule has 1 aromatic carbocycles. The Hall–Kier alpha value is -1.75. The van der Waals surface area contributed by atoms with E-state index in [9.17, 15) is 4.39 Å². The summed E-state index contributed by atoms with van der Waals surface area (Å²) in [5, 5.41) is 3.92. The average Bonchev–Trinajstić information content (AvgIpc) is 2.92. The van der Waals surface area contributed by atoms with Gasteiger partial charge in [0.2, 0.25) is 11.7 Å². The van der Waals surface area contributed by atoms with Crippen LogP contribution in [-0.4, -0.2) is 16.7 Å².